The van der Waals surface area contributed by atoms with Crippen molar-refractivity contribution in [3.63, 3.8) is 0 Å². The number of carbonyl (C=O) groups is 1. The predicted molar refractivity (Wildman–Crippen MR) is 338 cm³/mol. The van der Waals surface area contributed by atoms with Gasteiger partial charge in [0, 0.05) is 0 Å². The third kappa shape index (κ3) is 47.2. The summed E-state index contributed by atoms with van der Waals surface area (Å²) in [6, 6.07) is -0.892. The van der Waals surface area contributed by atoms with E-state index in [2.05, 4.69) is 31.3 Å². The predicted octanol–water partition coefficient (Wildman–Crippen LogP) is 18.1. The molecule has 80 heavy (non-hydrogen) atoms. The van der Waals surface area contributed by atoms with Crippen molar-refractivity contribution < 1.29 is 44.9 Å². The van der Waals surface area contributed by atoms with Crippen molar-refractivity contribution in [3.05, 3.63) is 12.2 Å². The Kier molecular flexibility index (Phi) is 57.3. The zero-order valence-corrected chi connectivity index (χ0v) is 53.0. The van der Waals surface area contributed by atoms with E-state index in [1.807, 2.05) is 0 Å². The van der Waals surface area contributed by atoms with Gasteiger partial charge in [-0.05, 0) is 38.5 Å². The zero-order valence-electron chi connectivity index (χ0n) is 53.0. The van der Waals surface area contributed by atoms with Gasteiger partial charge >= 0.3 is 0 Å². The van der Waals surface area contributed by atoms with Gasteiger partial charge in [-0.1, -0.05) is 341 Å². The number of rotatable bonds is 63. The molecule has 7 N–H and O–H groups in total. The lowest BCUT2D eigenvalue weighted by molar-refractivity contribution is -0.302. The molecule has 0 spiro atoms. The summed E-state index contributed by atoms with van der Waals surface area (Å²) in [5.41, 5.74) is 0. The maximum atomic E-state index is 13.2. The molecule has 1 aliphatic rings. The Hall–Kier alpha value is -1.11. The number of hydrogen-bond acceptors (Lipinski definition) is 9. The third-order valence-corrected chi connectivity index (χ3v) is 17.5. The van der Waals surface area contributed by atoms with Crippen LogP contribution in [0.5, 0.6) is 0 Å². The molecule has 0 bridgehead atoms. The fraction of sp³-hybridized carbons (Fsp3) is 0.957. The fourth-order valence-corrected chi connectivity index (χ4v) is 11.8. The molecule has 1 fully saturated rings. The van der Waals surface area contributed by atoms with Gasteiger partial charge in [0.15, 0.2) is 6.29 Å². The van der Waals surface area contributed by atoms with Gasteiger partial charge in [-0.3, -0.25) is 4.79 Å². The second kappa shape index (κ2) is 59.6. The SMILES string of the molecule is CCCCCCCCCCCCCCCCCCCC/C=C\CCCCCCCCCCCCCCCCCCC(O)C(=O)NC(COC1OC(CO)C(O)C(O)C1O)C(O)CCCCCCCCCCCCCCCCCCC. The molecule has 1 aliphatic heterocycles. The van der Waals surface area contributed by atoms with Crippen molar-refractivity contribution in [2.45, 2.75) is 416 Å². The van der Waals surface area contributed by atoms with Gasteiger partial charge in [0.05, 0.1) is 25.4 Å². The highest BCUT2D eigenvalue weighted by atomic mass is 16.7. The third-order valence-electron chi connectivity index (χ3n) is 17.5. The van der Waals surface area contributed by atoms with E-state index in [1.54, 1.807) is 0 Å². The van der Waals surface area contributed by atoms with E-state index in [1.165, 1.54) is 302 Å². The summed E-state index contributed by atoms with van der Waals surface area (Å²) in [6.45, 7) is 3.73. The van der Waals surface area contributed by atoms with Crippen LogP contribution >= 0.6 is 0 Å². The van der Waals surface area contributed by atoms with Crippen LogP contribution in [-0.2, 0) is 14.3 Å². The van der Waals surface area contributed by atoms with Crippen LogP contribution in [0.1, 0.15) is 367 Å². The summed E-state index contributed by atoms with van der Waals surface area (Å²) in [6.07, 6.45) is 66.1. The summed E-state index contributed by atoms with van der Waals surface area (Å²) in [5, 5.41) is 65.4. The monoisotopic (exact) mass is 1140 g/mol. The lowest BCUT2D eigenvalue weighted by Crippen LogP contribution is -2.60. The first-order chi connectivity index (χ1) is 39.3. The fourth-order valence-electron chi connectivity index (χ4n) is 11.8. The Morgan fingerprint density at radius 1 is 0.412 bits per heavy atom. The number of nitrogens with one attached hydrogen (secondary N) is 1. The smallest absolute Gasteiger partial charge is 0.249 e. The van der Waals surface area contributed by atoms with Crippen LogP contribution in [0.2, 0.25) is 0 Å². The highest BCUT2D eigenvalue weighted by molar-refractivity contribution is 5.80. The first-order valence-corrected chi connectivity index (χ1v) is 35.5. The van der Waals surface area contributed by atoms with Gasteiger partial charge < -0.3 is 45.4 Å². The maximum Gasteiger partial charge on any atom is 0.249 e. The molecule has 0 aliphatic carbocycles. The van der Waals surface area contributed by atoms with Crippen molar-refractivity contribution in [3.8, 4) is 0 Å². The van der Waals surface area contributed by atoms with E-state index in [4.69, 9.17) is 9.47 Å². The molecule has 8 unspecified atom stereocenters. The molecule has 0 aromatic heterocycles. The molecule has 1 heterocycles. The number of aliphatic hydroxyl groups excluding tert-OH is 6. The molecule has 1 rings (SSSR count). The Labute approximate surface area is 495 Å². The second-order valence-electron chi connectivity index (χ2n) is 25.2. The summed E-state index contributed by atoms with van der Waals surface area (Å²) >= 11 is 0. The van der Waals surface area contributed by atoms with Crippen molar-refractivity contribution in [1.29, 1.82) is 0 Å². The Morgan fingerprint density at radius 2 is 0.700 bits per heavy atom. The molecule has 10 heteroatoms. The largest absolute Gasteiger partial charge is 0.394 e. The van der Waals surface area contributed by atoms with E-state index >= 15 is 0 Å². The van der Waals surface area contributed by atoms with Crippen molar-refractivity contribution >= 4 is 5.91 Å². The van der Waals surface area contributed by atoms with Crippen LogP contribution in [0.3, 0.4) is 0 Å². The highest BCUT2D eigenvalue weighted by Crippen LogP contribution is 2.24. The van der Waals surface area contributed by atoms with E-state index in [0.717, 1.165) is 38.5 Å². The van der Waals surface area contributed by atoms with E-state index in [9.17, 15) is 35.4 Å². The molecule has 1 amide bonds. The van der Waals surface area contributed by atoms with Gasteiger partial charge in [0.2, 0.25) is 5.91 Å². The molecule has 10 nitrogen and oxygen atoms in total. The van der Waals surface area contributed by atoms with Gasteiger partial charge in [-0.2, -0.15) is 0 Å². The van der Waals surface area contributed by atoms with Crippen molar-refractivity contribution in [1.82, 2.24) is 5.32 Å². The molecule has 476 valence electrons. The molecule has 0 aromatic rings. The average Bonchev–Trinajstić information content (AvgIpc) is 3.46. The minimum atomic E-state index is -1.60. The van der Waals surface area contributed by atoms with Crippen LogP contribution in [0.15, 0.2) is 12.2 Å². The minimum absolute atomic E-state index is 0.251. The highest BCUT2D eigenvalue weighted by Gasteiger charge is 2.44. The zero-order chi connectivity index (χ0) is 58.0. The summed E-state index contributed by atoms with van der Waals surface area (Å²) < 4.78 is 11.3. The number of hydrogen-bond donors (Lipinski definition) is 7. The number of ether oxygens (including phenoxy) is 2. The van der Waals surface area contributed by atoms with Crippen LogP contribution in [0.25, 0.3) is 0 Å². The Morgan fingerprint density at radius 3 is 1.01 bits per heavy atom. The van der Waals surface area contributed by atoms with Crippen LogP contribution in [0, 0.1) is 0 Å². The summed E-state index contributed by atoms with van der Waals surface area (Å²) in [5.74, 6) is -0.576. The van der Waals surface area contributed by atoms with E-state index in [0.29, 0.717) is 12.8 Å². The molecule has 0 saturated carbocycles. The number of allylic oxidation sites excluding steroid dienone is 2. The quantitative estimate of drug-likeness (QED) is 0.0232. The maximum absolute atomic E-state index is 13.2. The molecule has 8 atom stereocenters. The number of amides is 1. The van der Waals surface area contributed by atoms with Gasteiger partial charge in [-0.25, -0.2) is 0 Å². The van der Waals surface area contributed by atoms with E-state index in [-0.39, 0.29) is 6.61 Å². The van der Waals surface area contributed by atoms with E-state index < -0.39 is 61.5 Å². The Bertz CT molecular complexity index is 1290. The molecule has 0 aromatic carbocycles. The van der Waals surface area contributed by atoms with Gasteiger partial charge in [0.25, 0.3) is 0 Å². The van der Waals surface area contributed by atoms with Crippen LogP contribution < -0.4 is 5.32 Å². The van der Waals surface area contributed by atoms with Gasteiger partial charge in [-0.15, -0.1) is 0 Å². The second-order valence-corrected chi connectivity index (χ2v) is 25.2. The number of aliphatic hydroxyl groups is 6. The van der Waals surface area contributed by atoms with Crippen LogP contribution in [-0.4, -0.2) is 98.7 Å². The van der Waals surface area contributed by atoms with Crippen molar-refractivity contribution in [2.24, 2.45) is 0 Å². The summed E-state index contributed by atoms with van der Waals surface area (Å²) in [4.78, 5) is 13.2. The lowest BCUT2D eigenvalue weighted by atomic mass is 9.99. The Balaban J connectivity index is 2.07. The molecular weight excluding hydrogens is 999 g/mol. The van der Waals surface area contributed by atoms with Crippen molar-refractivity contribution in [2.75, 3.05) is 13.2 Å². The minimum Gasteiger partial charge on any atom is -0.394 e. The standard InChI is InChI=1S/C70H137NO9/c1-3-5-7-9-11-13-15-17-19-21-22-23-24-25-26-27-28-29-30-31-32-33-34-35-36-37-38-39-40-41-43-45-47-49-51-53-55-57-59-64(74)69(78)71-62(61-79-70-68(77)67(76)66(75)65(60-72)80-70)63(73)58-56-54-52-50-48-46-44-42-20-18-16-14-12-10-8-6-4-2/h31-32,62-68,70,72-77H,3-30,33-61H2,1-2H3,(H,71,78)/b32-31-. The van der Waals surface area contributed by atoms with Gasteiger partial charge in [0.1, 0.15) is 30.5 Å². The van der Waals surface area contributed by atoms with Crippen LogP contribution in [0.4, 0.5) is 0 Å². The number of unbranched alkanes of at least 4 members (excludes halogenated alkanes) is 50. The first kappa shape index (κ1) is 76.9. The molecule has 0 radical (unpaired) electrons. The molecular formula is C70H137NO9. The number of carbonyl (C=O) groups excluding carboxylic acids is 1. The topological polar surface area (TPSA) is 169 Å². The first-order valence-electron chi connectivity index (χ1n) is 35.5. The normalized spacial score (nSPS) is 18.8. The average molecular weight is 1140 g/mol. The summed E-state index contributed by atoms with van der Waals surface area (Å²) in [7, 11) is 0. The lowest BCUT2D eigenvalue weighted by Gasteiger charge is -2.40. The molecule has 1 saturated heterocycles.